The molecule has 0 spiro atoms. The first-order valence-electron chi connectivity index (χ1n) is 7.06. The van der Waals surface area contributed by atoms with E-state index in [4.69, 9.17) is 12.2 Å². The predicted molar refractivity (Wildman–Crippen MR) is 85.7 cm³/mol. The maximum atomic E-state index is 5.23. The molecule has 1 aliphatic heterocycles. The lowest BCUT2D eigenvalue weighted by Crippen LogP contribution is -2.49. The van der Waals surface area contributed by atoms with Gasteiger partial charge in [0.25, 0.3) is 0 Å². The van der Waals surface area contributed by atoms with E-state index in [0.717, 1.165) is 24.6 Å². The lowest BCUT2D eigenvalue weighted by atomic mass is 9.98. The average Bonchev–Trinajstić information content (AvgIpc) is 2.40. The zero-order valence-electron chi connectivity index (χ0n) is 11.9. The van der Waals surface area contributed by atoms with E-state index in [2.05, 4.69) is 60.6 Å². The third-order valence-corrected chi connectivity index (χ3v) is 3.93. The van der Waals surface area contributed by atoms with Crippen LogP contribution >= 0.6 is 12.2 Å². The Bertz CT molecular complexity index is 426. The number of nitrogens with zero attached hydrogens (tertiary/aromatic N) is 1. The molecule has 3 nitrogen and oxygen atoms in total. The summed E-state index contributed by atoms with van der Waals surface area (Å²) >= 11 is 5.23. The summed E-state index contributed by atoms with van der Waals surface area (Å²) in [7, 11) is 0. The SMILES string of the molecule is CCN(CC)c1ccc(C2CC(C)NC(=S)N2)cc1. The van der Waals surface area contributed by atoms with Gasteiger partial charge in [-0.2, -0.15) is 0 Å². The lowest BCUT2D eigenvalue weighted by molar-refractivity contribution is 0.455. The highest BCUT2D eigenvalue weighted by Crippen LogP contribution is 2.24. The molecule has 19 heavy (non-hydrogen) atoms. The second kappa shape index (κ2) is 6.24. The normalized spacial score (nSPS) is 22.6. The molecule has 1 saturated heterocycles. The highest BCUT2D eigenvalue weighted by atomic mass is 32.1. The van der Waals surface area contributed by atoms with Crippen molar-refractivity contribution in [1.82, 2.24) is 10.6 Å². The Hall–Kier alpha value is -1.29. The molecule has 1 aromatic rings. The topological polar surface area (TPSA) is 27.3 Å². The van der Waals surface area contributed by atoms with Crippen LogP contribution in [0.5, 0.6) is 0 Å². The van der Waals surface area contributed by atoms with E-state index < -0.39 is 0 Å². The number of hydrogen-bond donors (Lipinski definition) is 2. The number of rotatable bonds is 4. The molecule has 2 unspecified atom stereocenters. The maximum absolute atomic E-state index is 5.23. The van der Waals surface area contributed by atoms with Gasteiger partial charge in [-0.05, 0) is 57.1 Å². The van der Waals surface area contributed by atoms with Gasteiger partial charge in [-0.1, -0.05) is 12.1 Å². The Morgan fingerprint density at radius 3 is 2.32 bits per heavy atom. The minimum absolute atomic E-state index is 0.328. The molecule has 1 heterocycles. The molecule has 1 fully saturated rings. The lowest BCUT2D eigenvalue weighted by Gasteiger charge is -2.31. The molecule has 0 saturated carbocycles. The van der Waals surface area contributed by atoms with Crippen LogP contribution in [-0.4, -0.2) is 24.2 Å². The molecule has 0 radical (unpaired) electrons. The van der Waals surface area contributed by atoms with Gasteiger partial charge in [0.1, 0.15) is 0 Å². The van der Waals surface area contributed by atoms with E-state index in [1.807, 2.05) is 0 Å². The van der Waals surface area contributed by atoms with E-state index in [9.17, 15) is 0 Å². The summed E-state index contributed by atoms with van der Waals surface area (Å²) in [5.74, 6) is 0. The van der Waals surface area contributed by atoms with Crippen molar-refractivity contribution < 1.29 is 0 Å². The fourth-order valence-corrected chi connectivity index (χ4v) is 2.96. The molecular weight excluding hydrogens is 254 g/mol. The zero-order valence-corrected chi connectivity index (χ0v) is 12.8. The summed E-state index contributed by atoms with van der Waals surface area (Å²) < 4.78 is 0. The maximum Gasteiger partial charge on any atom is 0.166 e. The van der Waals surface area contributed by atoms with Crippen molar-refractivity contribution in [2.75, 3.05) is 18.0 Å². The molecule has 1 aromatic carbocycles. The van der Waals surface area contributed by atoms with Crippen LogP contribution in [0.2, 0.25) is 0 Å². The molecule has 0 aliphatic carbocycles. The molecule has 2 N–H and O–H groups in total. The highest BCUT2D eigenvalue weighted by Gasteiger charge is 2.21. The van der Waals surface area contributed by atoms with Gasteiger partial charge in [0.05, 0.1) is 6.04 Å². The van der Waals surface area contributed by atoms with Gasteiger partial charge in [-0.3, -0.25) is 0 Å². The van der Waals surface area contributed by atoms with Gasteiger partial charge in [0, 0.05) is 24.8 Å². The zero-order chi connectivity index (χ0) is 13.8. The molecule has 0 amide bonds. The highest BCUT2D eigenvalue weighted by molar-refractivity contribution is 7.80. The largest absolute Gasteiger partial charge is 0.372 e. The minimum atomic E-state index is 0.328. The van der Waals surface area contributed by atoms with Crippen molar-refractivity contribution in [3.05, 3.63) is 29.8 Å². The van der Waals surface area contributed by atoms with E-state index in [1.54, 1.807) is 0 Å². The van der Waals surface area contributed by atoms with Crippen molar-refractivity contribution in [2.24, 2.45) is 0 Å². The summed E-state index contributed by atoms with van der Waals surface area (Å²) in [6.07, 6.45) is 1.06. The summed E-state index contributed by atoms with van der Waals surface area (Å²) in [6.45, 7) is 8.63. The molecule has 2 rings (SSSR count). The van der Waals surface area contributed by atoms with Gasteiger partial charge in [-0.25, -0.2) is 0 Å². The van der Waals surface area contributed by atoms with Crippen LogP contribution in [0.15, 0.2) is 24.3 Å². The van der Waals surface area contributed by atoms with Crippen LogP contribution in [0, 0.1) is 0 Å². The fraction of sp³-hybridized carbons (Fsp3) is 0.533. The van der Waals surface area contributed by atoms with Crippen molar-refractivity contribution in [2.45, 2.75) is 39.3 Å². The van der Waals surface area contributed by atoms with Gasteiger partial charge >= 0.3 is 0 Å². The standard InChI is InChI=1S/C15H23N3S/c1-4-18(5-2)13-8-6-12(7-9-13)14-10-11(3)16-15(19)17-14/h6-9,11,14H,4-5,10H2,1-3H3,(H2,16,17,19). The van der Waals surface area contributed by atoms with Gasteiger partial charge in [0.2, 0.25) is 0 Å². The minimum Gasteiger partial charge on any atom is -0.372 e. The van der Waals surface area contributed by atoms with Crippen LogP contribution in [0.1, 0.15) is 38.8 Å². The number of thiocarbonyl (C=S) groups is 1. The Labute approximate surface area is 121 Å². The Morgan fingerprint density at radius 2 is 1.79 bits per heavy atom. The van der Waals surface area contributed by atoms with E-state index >= 15 is 0 Å². The third-order valence-electron chi connectivity index (χ3n) is 3.70. The van der Waals surface area contributed by atoms with Crippen LogP contribution in [0.4, 0.5) is 5.69 Å². The van der Waals surface area contributed by atoms with Crippen LogP contribution in [0.3, 0.4) is 0 Å². The Morgan fingerprint density at radius 1 is 1.16 bits per heavy atom. The molecule has 2 atom stereocenters. The first-order valence-corrected chi connectivity index (χ1v) is 7.46. The van der Waals surface area contributed by atoms with E-state index in [0.29, 0.717) is 12.1 Å². The average molecular weight is 277 g/mol. The number of hydrogen-bond acceptors (Lipinski definition) is 2. The van der Waals surface area contributed by atoms with Gasteiger partial charge < -0.3 is 15.5 Å². The Balaban J connectivity index is 2.11. The second-order valence-corrected chi connectivity index (χ2v) is 5.48. The smallest absolute Gasteiger partial charge is 0.166 e. The van der Waals surface area contributed by atoms with Crippen molar-refractivity contribution in [1.29, 1.82) is 0 Å². The Kier molecular flexibility index (Phi) is 4.64. The number of nitrogens with one attached hydrogen (secondary N) is 2. The van der Waals surface area contributed by atoms with Gasteiger partial charge in [0.15, 0.2) is 5.11 Å². The molecular formula is C15H23N3S. The summed E-state index contributed by atoms with van der Waals surface area (Å²) in [5.41, 5.74) is 2.60. The number of benzene rings is 1. The monoisotopic (exact) mass is 277 g/mol. The molecule has 4 heteroatoms. The van der Waals surface area contributed by atoms with E-state index in [-0.39, 0.29) is 0 Å². The first-order chi connectivity index (χ1) is 9.13. The van der Waals surface area contributed by atoms with Crippen molar-refractivity contribution >= 4 is 23.0 Å². The number of anilines is 1. The molecule has 104 valence electrons. The van der Waals surface area contributed by atoms with Crippen LogP contribution in [-0.2, 0) is 0 Å². The molecule has 0 bridgehead atoms. The second-order valence-electron chi connectivity index (χ2n) is 5.07. The summed E-state index contributed by atoms with van der Waals surface area (Å²) in [4.78, 5) is 2.35. The fourth-order valence-electron chi connectivity index (χ4n) is 2.62. The van der Waals surface area contributed by atoms with Gasteiger partial charge in [-0.15, -0.1) is 0 Å². The summed E-state index contributed by atoms with van der Waals surface area (Å²) in [5, 5.41) is 7.35. The quantitative estimate of drug-likeness (QED) is 0.828. The molecule has 1 aliphatic rings. The predicted octanol–water partition coefficient (Wildman–Crippen LogP) is 2.83. The third kappa shape index (κ3) is 3.38. The molecule has 0 aromatic heterocycles. The summed E-state index contributed by atoms with van der Waals surface area (Å²) in [6, 6.07) is 9.60. The van der Waals surface area contributed by atoms with Crippen LogP contribution < -0.4 is 15.5 Å². The van der Waals surface area contributed by atoms with Crippen molar-refractivity contribution in [3.8, 4) is 0 Å². The van der Waals surface area contributed by atoms with Crippen LogP contribution in [0.25, 0.3) is 0 Å². The van der Waals surface area contributed by atoms with E-state index in [1.165, 1.54) is 11.3 Å². The first kappa shape index (κ1) is 14.1. The van der Waals surface area contributed by atoms with Crippen molar-refractivity contribution in [3.63, 3.8) is 0 Å².